The van der Waals surface area contributed by atoms with Crippen LogP contribution in [0.3, 0.4) is 0 Å². The third-order valence-electron chi connectivity index (χ3n) is 5.52. The van der Waals surface area contributed by atoms with E-state index in [0.29, 0.717) is 10.2 Å². The number of aryl methyl sites for hydroxylation is 1. The minimum absolute atomic E-state index is 0.00258. The van der Waals surface area contributed by atoms with Crippen molar-refractivity contribution in [3.63, 3.8) is 0 Å². The van der Waals surface area contributed by atoms with Gasteiger partial charge in [0, 0.05) is 23.3 Å². The molecule has 9 heteroatoms. The normalized spacial score (nSPS) is 23.5. The number of carbonyl (C=O) groups is 1. The molecule has 0 spiro atoms. The van der Waals surface area contributed by atoms with Crippen molar-refractivity contribution in [3.8, 4) is 11.1 Å². The highest BCUT2D eigenvalue weighted by Crippen LogP contribution is 2.34. The minimum Gasteiger partial charge on any atom is -0.273 e. The van der Waals surface area contributed by atoms with E-state index in [-0.39, 0.29) is 35.3 Å². The third kappa shape index (κ3) is 2.61. The second-order valence-electron chi connectivity index (χ2n) is 7.44. The van der Waals surface area contributed by atoms with Gasteiger partial charge in [0.05, 0.1) is 22.9 Å². The fourth-order valence-electron chi connectivity index (χ4n) is 4.17. The smallest absolute Gasteiger partial charge is 0.273 e. The number of sulfone groups is 1. The molecule has 0 radical (unpaired) electrons. The van der Waals surface area contributed by atoms with Crippen LogP contribution >= 0.6 is 11.3 Å². The van der Waals surface area contributed by atoms with E-state index < -0.39 is 15.9 Å². The van der Waals surface area contributed by atoms with E-state index in [1.54, 1.807) is 0 Å². The number of aromatic nitrogens is 2. The summed E-state index contributed by atoms with van der Waals surface area (Å²) in [4.78, 5) is 30.9. The Bertz CT molecular complexity index is 1270. The van der Waals surface area contributed by atoms with Gasteiger partial charge in [-0.2, -0.15) is 0 Å². The van der Waals surface area contributed by atoms with Crippen molar-refractivity contribution in [3.05, 3.63) is 51.9 Å². The second-order valence-corrected chi connectivity index (χ2v) is 10.4. The molecule has 1 amide bonds. The van der Waals surface area contributed by atoms with Gasteiger partial charge in [-0.1, -0.05) is 29.8 Å². The van der Waals surface area contributed by atoms with Gasteiger partial charge in [0.1, 0.15) is 11.2 Å². The SMILES string of the molecule is Cc1ccc(-c2csc3ncn(N4C(=O)C[C@H]5CS(=O)(=O)C[C@H]54)c(=O)c23)cc1. The van der Waals surface area contributed by atoms with Crippen LogP contribution < -0.4 is 10.6 Å². The molecule has 3 aromatic rings. The van der Waals surface area contributed by atoms with Crippen LogP contribution in [0.4, 0.5) is 0 Å². The maximum Gasteiger partial charge on any atom is 0.281 e. The highest BCUT2D eigenvalue weighted by molar-refractivity contribution is 7.91. The zero-order valence-electron chi connectivity index (χ0n) is 15.0. The number of rotatable bonds is 2. The Kier molecular flexibility index (Phi) is 3.76. The summed E-state index contributed by atoms with van der Waals surface area (Å²) in [5.41, 5.74) is 2.45. The maximum absolute atomic E-state index is 13.3. The predicted octanol–water partition coefficient (Wildman–Crippen LogP) is 1.71. The van der Waals surface area contributed by atoms with Crippen molar-refractivity contribution in [1.82, 2.24) is 9.66 Å². The lowest BCUT2D eigenvalue weighted by molar-refractivity contribution is -0.118. The molecule has 1 aromatic carbocycles. The lowest BCUT2D eigenvalue weighted by atomic mass is 10.1. The third-order valence-corrected chi connectivity index (χ3v) is 8.19. The van der Waals surface area contributed by atoms with Gasteiger partial charge >= 0.3 is 0 Å². The molecule has 0 saturated carbocycles. The first kappa shape index (κ1) is 17.6. The number of hydrogen-bond donors (Lipinski definition) is 0. The summed E-state index contributed by atoms with van der Waals surface area (Å²) in [6, 6.07) is 7.36. The molecule has 0 bridgehead atoms. The van der Waals surface area contributed by atoms with Gasteiger partial charge in [-0.05, 0) is 12.5 Å². The summed E-state index contributed by atoms with van der Waals surface area (Å²) >= 11 is 1.37. The summed E-state index contributed by atoms with van der Waals surface area (Å²) in [5, 5.41) is 3.65. The predicted molar refractivity (Wildman–Crippen MR) is 108 cm³/mol. The van der Waals surface area contributed by atoms with E-state index in [1.807, 2.05) is 36.6 Å². The Hall–Kier alpha value is -2.52. The molecular formula is C19H17N3O4S2. The average molecular weight is 415 g/mol. The van der Waals surface area contributed by atoms with E-state index in [0.717, 1.165) is 16.7 Å². The molecule has 2 aliphatic rings. The van der Waals surface area contributed by atoms with Crippen LogP contribution in [0, 0.1) is 12.8 Å². The number of nitrogens with zero attached hydrogens (tertiary/aromatic N) is 3. The van der Waals surface area contributed by atoms with Gasteiger partial charge in [0.25, 0.3) is 5.56 Å². The van der Waals surface area contributed by atoms with E-state index >= 15 is 0 Å². The average Bonchev–Trinajstić information content (AvgIpc) is 3.27. The Morgan fingerprint density at radius 1 is 1.14 bits per heavy atom. The Balaban J connectivity index is 1.66. The quantitative estimate of drug-likeness (QED) is 0.636. The van der Waals surface area contributed by atoms with Gasteiger partial charge in [0.15, 0.2) is 9.84 Å². The number of fused-ring (bicyclic) bond motifs is 2. The van der Waals surface area contributed by atoms with Crippen molar-refractivity contribution < 1.29 is 13.2 Å². The van der Waals surface area contributed by atoms with Crippen molar-refractivity contribution in [2.75, 3.05) is 16.5 Å². The molecule has 2 aliphatic heterocycles. The number of thiophene rings is 1. The lowest BCUT2D eigenvalue weighted by Gasteiger charge is -2.24. The van der Waals surface area contributed by atoms with E-state index in [4.69, 9.17) is 0 Å². The molecule has 144 valence electrons. The Morgan fingerprint density at radius 3 is 2.64 bits per heavy atom. The summed E-state index contributed by atoms with van der Waals surface area (Å²) in [6.07, 6.45) is 1.48. The van der Waals surface area contributed by atoms with Crippen molar-refractivity contribution in [2.24, 2.45) is 5.92 Å². The summed E-state index contributed by atoms with van der Waals surface area (Å²) in [7, 11) is -3.20. The van der Waals surface area contributed by atoms with Crippen LogP contribution in [-0.4, -0.2) is 41.5 Å². The van der Waals surface area contributed by atoms with Gasteiger partial charge in [-0.15, -0.1) is 11.3 Å². The molecule has 28 heavy (non-hydrogen) atoms. The van der Waals surface area contributed by atoms with E-state index in [1.165, 1.54) is 27.3 Å². The van der Waals surface area contributed by atoms with Crippen LogP contribution in [-0.2, 0) is 14.6 Å². The molecule has 0 aliphatic carbocycles. The van der Waals surface area contributed by atoms with Crippen molar-refractivity contribution in [2.45, 2.75) is 19.4 Å². The van der Waals surface area contributed by atoms with Gasteiger partial charge in [-0.25, -0.2) is 23.1 Å². The largest absolute Gasteiger partial charge is 0.281 e. The molecule has 2 atom stereocenters. The molecule has 0 unspecified atom stereocenters. The van der Waals surface area contributed by atoms with Crippen molar-refractivity contribution in [1.29, 1.82) is 0 Å². The van der Waals surface area contributed by atoms with E-state index in [9.17, 15) is 18.0 Å². The van der Waals surface area contributed by atoms with Crippen LogP contribution in [0.2, 0.25) is 0 Å². The first-order valence-electron chi connectivity index (χ1n) is 8.93. The standard InChI is InChI=1S/C19H17N3O4S2/c1-11-2-4-12(5-3-11)14-7-27-18-17(14)19(24)21(10-20-18)22-15-9-28(25,26)8-13(15)6-16(22)23/h2-5,7,10,13,15H,6,8-9H2,1H3/t13-,15+/m0/s1. The molecule has 4 heterocycles. The first-order valence-corrected chi connectivity index (χ1v) is 11.6. The summed E-state index contributed by atoms with van der Waals surface area (Å²) in [5.74, 6) is -0.612. The van der Waals surface area contributed by atoms with Gasteiger partial charge in [-0.3, -0.25) is 9.59 Å². The number of amides is 1. The first-order chi connectivity index (χ1) is 13.3. The van der Waals surface area contributed by atoms with Crippen LogP contribution in [0.5, 0.6) is 0 Å². The minimum atomic E-state index is -3.20. The molecule has 2 saturated heterocycles. The monoisotopic (exact) mass is 415 g/mol. The number of hydrogen-bond acceptors (Lipinski definition) is 6. The van der Waals surface area contributed by atoms with Crippen molar-refractivity contribution >= 4 is 37.3 Å². The highest BCUT2D eigenvalue weighted by atomic mass is 32.2. The zero-order chi connectivity index (χ0) is 19.6. The molecular weight excluding hydrogens is 398 g/mol. The van der Waals surface area contributed by atoms with E-state index in [2.05, 4.69) is 4.98 Å². The molecule has 5 rings (SSSR count). The fourth-order valence-corrected chi connectivity index (χ4v) is 7.14. The maximum atomic E-state index is 13.3. The molecule has 2 aromatic heterocycles. The zero-order valence-corrected chi connectivity index (χ0v) is 16.7. The Morgan fingerprint density at radius 2 is 1.89 bits per heavy atom. The lowest BCUT2D eigenvalue weighted by Crippen LogP contribution is -2.49. The highest BCUT2D eigenvalue weighted by Gasteiger charge is 2.50. The van der Waals surface area contributed by atoms with Crippen LogP contribution in [0.25, 0.3) is 21.3 Å². The van der Waals surface area contributed by atoms with Gasteiger partial charge in [0.2, 0.25) is 5.91 Å². The molecule has 7 nitrogen and oxygen atoms in total. The fraction of sp³-hybridized carbons (Fsp3) is 0.316. The number of carbonyl (C=O) groups excluding carboxylic acids is 1. The molecule has 2 fully saturated rings. The molecule has 0 N–H and O–H groups in total. The second kappa shape index (κ2) is 5.99. The summed E-state index contributed by atoms with van der Waals surface area (Å²) < 4.78 is 25.2. The van der Waals surface area contributed by atoms with Crippen LogP contribution in [0.1, 0.15) is 12.0 Å². The van der Waals surface area contributed by atoms with Gasteiger partial charge < -0.3 is 0 Å². The van der Waals surface area contributed by atoms with Crippen LogP contribution in [0.15, 0.2) is 40.8 Å². The number of benzene rings is 1. The Labute approximate surface area is 165 Å². The topological polar surface area (TPSA) is 89.3 Å². The summed E-state index contributed by atoms with van der Waals surface area (Å²) in [6.45, 7) is 2.00.